The number of nitrogens with zero attached hydrogens (tertiary/aromatic N) is 4. The van der Waals surface area contributed by atoms with E-state index in [1.807, 2.05) is 112 Å². The average Bonchev–Trinajstić information content (AvgIpc) is 3.66. The molecule has 0 unspecified atom stereocenters. The van der Waals surface area contributed by atoms with Crippen LogP contribution in [0.4, 0.5) is 22.7 Å². The van der Waals surface area contributed by atoms with E-state index in [4.69, 9.17) is 22.1 Å². The Morgan fingerprint density at radius 2 is 1.20 bits per heavy atom. The summed E-state index contributed by atoms with van der Waals surface area (Å²) in [6.07, 6.45) is 3.91. The molecule has 5 nitrogen and oxygen atoms in total. The summed E-state index contributed by atoms with van der Waals surface area (Å²) in [5.74, 6) is 1.74. The number of aromatic nitrogens is 2. The van der Waals surface area contributed by atoms with Crippen molar-refractivity contribution in [2.24, 2.45) is 0 Å². The Morgan fingerprint density at radius 3 is 1.92 bits per heavy atom. The second-order valence-electron chi connectivity index (χ2n) is 23.5. The van der Waals surface area contributed by atoms with Gasteiger partial charge in [-0.2, -0.15) is 12.1 Å². The van der Waals surface area contributed by atoms with Crippen molar-refractivity contribution in [2.75, 3.05) is 9.80 Å². The number of rotatable bonds is 7. The molecule has 0 saturated heterocycles. The van der Waals surface area contributed by atoms with Crippen molar-refractivity contribution in [3.05, 3.63) is 198 Å². The van der Waals surface area contributed by atoms with Gasteiger partial charge in [0.15, 0.2) is 0 Å². The molecule has 0 atom stereocenters. The predicted octanol–water partition coefficient (Wildman–Crippen LogP) is 18.6. The van der Waals surface area contributed by atoms with Crippen LogP contribution in [0, 0.1) is 18.8 Å². The first-order valence-electron chi connectivity index (χ1n) is 29.9. The van der Waals surface area contributed by atoms with Crippen molar-refractivity contribution in [3.8, 4) is 39.6 Å². The average molecular weight is 1160 g/mol. The van der Waals surface area contributed by atoms with Crippen LogP contribution >= 0.6 is 0 Å². The molecule has 6 heteroatoms. The van der Waals surface area contributed by atoms with Gasteiger partial charge in [0, 0.05) is 84.8 Å². The van der Waals surface area contributed by atoms with Crippen LogP contribution in [-0.2, 0) is 48.1 Å². The Labute approximate surface area is 467 Å². The smallest absolute Gasteiger partial charge is 0.135 e. The van der Waals surface area contributed by atoms with E-state index in [0.29, 0.717) is 33.9 Å². The molecule has 0 saturated carbocycles. The molecule has 1 aliphatic heterocycles. The van der Waals surface area contributed by atoms with Crippen LogP contribution in [0.25, 0.3) is 49.9 Å². The van der Waals surface area contributed by atoms with Gasteiger partial charge in [-0.3, -0.25) is 0 Å². The van der Waals surface area contributed by atoms with Gasteiger partial charge < -0.3 is 19.1 Å². The summed E-state index contributed by atoms with van der Waals surface area (Å²) >= 11 is 0. The summed E-state index contributed by atoms with van der Waals surface area (Å²) in [6, 6.07) is 55.1. The van der Waals surface area contributed by atoms with E-state index in [9.17, 15) is 0 Å². The fraction of sp³-hybridized carbons (Fsp3) is 0.294. The van der Waals surface area contributed by atoms with Gasteiger partial charge in [-0.1, -0.05) is 180 Å². The van der Waals surface area contributed by atoms with Gasteiger partial charge >= 0.3 is 0 Å². The number of benzene rings is 7. The Kier molecular flexibility index (Phi) is 10.2. The van der Waals surface area contributed by atoms with Crippen LogP contribution < -0.4 is 14.5 Å². The number of ether oxygens (including phenoxy) is 1. The van der Waals surface area contributed by atoms with Crippen molar-refractivity contribution >= 4 is 44.6 Å². The van der Waals surface area contributed by atoms with Crippen molar-refractivity contribution < 1.29 is 38.1 Å². The summed E-state index contributed by atoms with van der Waals surface area (Å²) in [7, 11) is 0. The largest absolute Gasteiger partial charge is 0.509 e. The van der Waals surface area contributed by atoms with Gasteiger partial charge in [0.25, 0.3) is 0 Å². The van der Waals surface area contributed by atoms with Crippen molar-refractivity contribution in [3.63, 3.8) is 0 Å². The molecule has 11 rings (SSSR count). The molecule has 0 spiro atoms. The van der Waals surface area contributed by atoms with Gasteiger partial charge in [0.05, 0.1) is 0 Å². The Bertz CT molecular complexity index is 3940. The third-order valence-corrected chi connectivity index (χ3v) is 15.2. The van der Waals surface area contributed by atoms with Crippen LogP contribution in [0.15, 0.2) is 152 Å². The topological polar surface area (TPSA) is 33.5 Å². The molecule has 380 valence electrons. The van der Waals surface area contributed by atoms with E-state index in [1.54, 1.807) is 0 Å². The molecule has 2 aromatic heterocycles. The van der Waals surface area contributed by atoms with Crippen LogP contribution in [-0.4, -0.2) is 9.55 Å². The van der Waals surface area contributed by atoms with E-state index in [2.05, 4.69) is 130 Å². The maximum Gasteiger partial charge on any atom is 0.135 e. The second-order valence-corrected chi connectivity index (χ2v) is 23.5. The van der Waals surface area contributed by atoms with Crippen molar-refractivity contribution in [1.29, 1.82) is 0 Å². The quantitative estimate of drug-likeness (QED) is 0.149. The monoisotopic (exact) mass is 1160 g/mol. The molecule has 0 N–H and O–H groups in total. The molecule has 0 bridgehead atoms. The molecule has 0 amide bonds. The zero-order valence-electron chi connectivity index (χ0n) is 52.9. The zero-order chi connectivity index (χ0) is 58.9. The third kappa shape index (κ3) is 9.18. The number of para-hydroxylation sites is 4. The predicted molar refractivity (Wildman–Crippen MR) is 306 cm³/mol. The molecule has 74 heavy (non-hydrogen) atoms. The molecule has 9 aromatic rings. The van der Waals surface area contributed by atoms with Gasteiger partial charge in [-0.15, -0.1) is 48.1 Å². The minimum Gasteiger partial charge on any atom is -0.509 e. The Morgan fingerprint density at radius 1 is 0.568 bits per heavy atom. The van der Waals surface area contributed by atoms with E-state index in [1.165, 1.54) is 23.3 Å². The summed E-state index contributed by atoms with van der Waals surface area (Å²) in [6.45, 7) is 13.2. The van der Waals surface area contributed by atoms with Crippen LogP contribution in [0.1, 0.15) is 143 Å². The minimum atomic E-state index is -3.47. The summed E-state index contributed by atoms with van der Waals surface area (Å²) in [5, 5.41) is 2.09. The van der Waals surface area contributed by atoms with Crippen molar-refractivity contribution in [2.45, 2.75) is 130 Å². The van der Waals surface area contributed by atoms with E-state index < -0.39 is 31.4 Å². The van der Waals surface area contributed by atoms with Gasteiger partial charge in [-0.25, -0.2) is 4.98 Å². The third-order valence-electron chi connectivity index (χ3n) is 15.2. The summed E-state index contributed by atoms with van der Waals surface area (Å²) < 4.78 is 88.1. The number of hydrogen-bond acceptors (Lipinski definition) is 4. The van der Waals surface area contributed by atoms with Crippen LogP contribution in [0.2, 0.25) is 0 Å². The minimum absolute atomic E-state index is 0. The molecule has 0 radical (unpaired) electrons. The second kappa shape index (κ2) is 18.4. The standard InChI is InChI=1S/C68H69N4O.Pt/c1-64(2,3)46-32-35-69-62(40-46)72-58-25-15-14-22-54(58)55-30-29-51(42-61(55)72)73-50-21-18-20-49(41-50)70-43-71(60-27-17-16-26-59(60)70)63-52(44-28-31-56-57(38-44)68(12,13)34-33-67(56,10)11)23-19-24-53(63)45-36-47(65(4,5)6)39-48(37-45)66(7,8)9;/h14-32,35-40,43H,33-34H2,1-13H3;/q-3;/i4D3,5D3,6D3;. The zero-order valence-corrected chi connectivity index (χ0v) is 46.2. The van der Waals surface area contributed by atoms with E-state index in [0.717, 1.165) is 74.2 Å². The van der Waals surface area contributed by atoms with Gasteiger partial charge in [0.2, 0.25) is 0 Å². The molecular weight excluding hydrogens is 1080 g/mol. The molecule has 7 aromatic carbocycles. The van der Waals surface area contributed by atoms with Gasteiger partial charge in [0.1, 0.15) is 5.82 Å². The van der Waals surface area contributed by atoms with E-state index in [-0.39, 0.29) is 42.9 Å². The molecule has 2 aliphatic rings. The number of fused-ring (bicyclic) bond motifs is 5. The fourth-order valence-corrected chi connectivity index (χ4v) is 10.9. The molecule has 0 fully saturated rings. The van der Waals surface area contributed by atoms with Crippen LogP contribution in [0.3, 0.4) is 0 Å². The first-order valence-corrected chi connectivity index (χ1v) is 25.4. The SMILES string of the molecule is [2H]C([2H])([2H])C(c1cc(-c2cccc(-c3ccc4c(c3)C(C)(C)CCC4(C)C)c2N2[CH-]N(c3[c-]c(Oc4[c-]c5c(cc4)c4ccccc4n5-c4cc(C(C)(C)C)ccn4)ccc3)c3ccccc32)cc(C(C)(C)C)c1)(C([2H])([2H])[2H])C([2H])([2H])[2H].[Pt]. The van der Waals surface area contributed by atoms with Crippen molar-refractivity contribution in [1.82, 2.24) is 9.55 Å². The van der Waals surface area contributed by atoms with Crippen LogP contribution in [0.5, 0.6) is 11.5 Å². The first-order chi connectivity index (χ1) is 38.3. The number of hydrogen-bond donors (Lipinski definition) is 0. The summed E-state index contributed by atoms with van der Waals surface area (Å²) in [5.41, 5.74) is 7.63. The normalized spacial score (nSPS) is 17.6. The maximum atomic E-state index is 8.81. The Hall–Kier alpha value is -6.42. The maximum absolute atomic E-state index is 8.81. The molecule has 1 aliphatic carbocycles. The number of pyridine rings is 1. The Balaban J connectivity index is 0.00000769. The van der Waals surface area contributed by atoms with E-state index >= 15 is 0 Å². The fourth-order valence-electron chi connectivity index (χ4n) is 10.9. The molecular formula is C68H69N4OPt-3. The number of anilines is 4. The first kappa shape index (κ1) is 40.9. The van der Waals surface area contributed by atoms with Gasteiger partial charge in [-0.05, 0) is 115 Å². The summed E-state index contributed by atoms with van der Waals surface area (Å²) in [4.78, 5) is 9.03. The molecule has 3 heterocycles.